The van der Waals surface area contributed by atoms with E-state index in [0.717, 1.165) is 26.2 Å². The van der Waals surface area contributed by atoms with E-state index in [0.29, 0.717) is 0 Å². The van der Waals surface area contributed by atoms with Crippen molar-refractivity contribution in [3.8, 4) is 0 Å². The average Bonchev–Trinajstić information content (AvgIpc) is 2.31. The molecule has 2 rings (SSSR count). The van der Waals surface area contributed by atoms with Gasteiger partial charge in [-0.15, -0.1) is 0 Å². The Morgan fingerprint density at radius 1 is 1.20 bits per heavy atom. The Morgan fingerprint density at radius 2 is 1.93 bits per heavy atom. The second kappa shape index (κ2) is 5.17. The number of hydrogen-bond acceptors (Lipinski definition) is 1. The summed E-state index contributed by atoms with van der Waals surface area (Å²) in [7, 11) is 0. The number of benzene rings is 1. The summed E-state index contributed by atoms with van der Waals surface area (Å²) in [5.74, 6) is 0. The minimum absolute atomic E-state index is 0.987. The van der Waals surface area contributed by atoms with Crippen LogP contribution in [0.2, 0.25) is 0 Å². The lowest BCUT2D eigenvalue weighted by Gasteiger charge is -2.30. The van der Waals surface area contributed by atoms with Crippen molar-refractivity contribution < 1.29 is 0 Å². The van der Waals surface area contributed by atoms with Gasteiger partial charge in [0.25, 0.3) is 0 Å². The Kier molecular flexibility index (Phi) is 3.62. The van der Waals surface area contributed by atoms with Gasteiger partial charge >= 0.3 is 0 Å². The van der Waals surface area contributed by atoms with E-state index in [2.05, 4.69) is 41.4 Å². The molecular weight excluding hydrogens is 184 g/mol. The summed E-state index contributed by atoms with van der Waals surface area (Å²) >= 11 is 0. The summed E-state index contributed by atoms with van der Waals surface area (Å²) in [5.41, 5.74) is 2.91. The minimum Gasteiger partial charge on any atom is -0.369 e. The zero-order valence-electron chi connectivity index (χ0n) is 9.45. The quantitative estimate of drug-likeness (QED) is 0.735. The average molecular weight is 203 g/mol. The lowest BCUT2D eigenvalue weighted by molar-refractivity contribution is 0.577. The molecule has 0 unspecified atom stereocenters. The fourth-order valence-electron chi connectivity index (χ4n) is 2.15. The van der Waals surface area contributed by atoms with Crippen molar-refractivity contribution in [2.45, 2.75) is 19.8 Å². The van der Waals surface area contributed by atoms with Gasteiger partial charge in [-0.05, 0) is 18.1 Å². The molecule has 0 N–H and O–H groups in total. The van der Waals surface area contributed by atoms with Crippen LogP contribution in [0.5, 0.6) is 0 Å². The molecule has 0 amide bonds. The first kappa shape index (κ1) is 10.5. The normalized spacial score (nSPS) is 16.7. The van der Waals surface area contributed by atoms with E-state index < -0.39 is 0 Å². The first-order chi connectivity index (χ1) is 7.42. The first-order valence-electron chi connectivity index (χ1n) is 5.88. The summed E-state index contributed by atoms with van der Waals surface area (Å²) in [6.07, 6.45) is 2.40. The molecule has 1 radical (unpaired) electrons. The number of nitrogens with zero attached hydrogens (tertiary/aromatic N) is 2. The zero-order valence-corrected chi connectivity index (χ0v) is 9.45. The van der Waals surface area contributed by atoms with E-state index in [4.69, 9.17) is 0 Å². The second-order valence-corrected chi connectivity index (χ2v) is 4.04. The summed E-state index contributed by atoms with van der Waals surface area (Å²) < 4.78 is 0. The van der Waals surface area contributed by atoms with Crippen molar-refractivity contribution >= 4 is 5.69 Å². The Bertz CT molecular complexity index is 303. The van der Waals surface area contributed by atoms with Crippen LogP contribution >= 0.6 is 0 Å². The van der Waals surface area contributed by atoms with Gasteiger partial charge in [-0.25, -0.2) is 5.32 Å². The Morgan fingerprint density at radius 3 is 2.67 bits per heavy atom. The Balaban J connectivity index is 2.17. The SMILES string of the molecule is CCCc1ccccc1N1CC[N]CC1. The van der Waals surface area contributed by atoms with Crippen LogP contribution in [0.15, 0.2) is 24.3 Å². The van der Waals surface area contributed by atoms with Gasteiger partial charge in [0.2, 0.25) is 0 Å². The summed E-state index contributed by atoms with van der Waals surface area (Å²) in [5, 5.41) is 4.39. The van der Waals surface area contributed by atoms with Gasteiger partial charge in [-0.3, -0.25) is 0 Å². The van der Waals surface area contributed by atoms with Crippen LogP contribution < -0.4 is 10.2 Å². The van der Waals surface area contributed by atoms with Crippen molar-refractivity contribution in [1.29, 1.82) is 0 Å². The molecule has 15 heavy (non-hydrogen) atoms. The van der Waals surface area contributed by atoms with Crippen molar-refractivity contribution in [3.05, 3.63) is 29.8 Å². The van der Waals surface area contributed by atoms with Gasteiger partial charge in [0.05, 0.1) is 0 Å². The lowest BCUT2D eigenvalue weighted by atomic mass is 10.1. The fraction of sp³-hybridized carbons (Fsp3) is 0.538. The molecule has 0 aliphatic carbocycles. The molecule has 1 saturated heterocycles. The molecule has 0 spiro atoms. The zero-order chi connectivity index (χ0) is 10.5. The molecule has 1 aromatic rings. The molecule has 0 bridgehead atoms. The van der Waals surface area contributed by atoms with Crippen molar-refractivity contribution in [2.75, 3.05) is 31.1 Å². The molecule has 0 aromatic heterocycles. The predicted molar refractivity (Wildman–Crippen MR) is 64.5 cm³/mol. The van der Waals surface area contributed by atoms with E-state index in [1.54, 1.807) is 0 Å². The third kappa shape index (κ3) is 2.51. The smallest absolute Gasteiger partial charge is 0.0399 e. The highest BCUT2D eigenvalue weighted by molar-refractivity contribution is 5.54. The first-order valence-corrected chi connectivity index (χ1v) is 5.88. The van der Waals surface area contributed by atoms with Gasteiger partial charge in [-0.2, -0.15) is 0 Å². The van der Waals surface area contributed by atoms with Crippen LogP contribution in [0.1, 0.15) is 18.9 Å². The third-order valence-corrected chi connectivity index (χ3v) is 2.91. The molecule has 2 nitrogen and oxygen atoms in total. The van der Waals surface area contributed by atoms with E-state index in [1.807, 2.05) is 0 Å². The fourth-order valence-corrected chi connectivity index (χ4v) is 2.15. The number of piperazine rings is 1. The van der Waals surface area contributed by atoms with Crippen LogP contribution in [-0.4, -0.2) is 26.2 Å². The monoisotopic (exact) mass is 203 g/mol. The van der Waals surface area contributed by atoms with Crippen LogP contribution in [-0.2, 0) is 6.42 Å². The van der Waals surface area contributed by atoms with Crippen molar-refractivity contribution in [2.24, 2.45) is 0 Å². The molecule has 81 valence electrons. The highest BCUT2D eigenvalue weighted by Gasteiger charge is 2.13. The lowest BCUT2D eigenvalue weighted by Crippen LogP contribution is -2.40. The molecular formula is C13H19N2. The van der Waals surface area contributed by atoms with Gasteiger partial charge in [0, 0.05) is 31.9 Å². The molecule has 1 aliphatic heterocycles. The molecule has 0 saturated carbocycles. The molecule has 1 aromatic carbocycles. The Labute approximate surface area is 92.3 Å². The van der Waals surface area contributed by atoms with Gasteiger partial charge < -0.3 is 4.90 Å². The van der Waals surface area contributed by atoms with Gasteiger partial charge in [0.15, 0.2) is 0 Å². The standard InChI is InChI=1S/C13H19N2/c1-2-5-12-6-3-4-7-13(12)15-10-8-14-9-11-15/h3-4,6-7H,2,5,8-11H2,1H3. The Hall–Kier alpha value is -1.02. The predicted octanol–water partition coefficient (Wildman–Crippen LogP) is 2.06. The molecule has 1 heterocycles. The topological polar surface area (TPSA) is 17.3 Å². The van der Waals surface area contributed by atoms with Crippen LogP contribution in [0.4, 0.5) is 5.69 Å². The number of aryl methyl sites for hydroxylation is 1. The van der Waals surface area contributed by atoms with E-state index in [-0.39, 0.29) is 0 Å². The number of anilines is 1. The van der Waals surface area contributed by atoms with Crippen molar-refractivity contribution in [3.63, 3.8) is 0 Å². The van der Waals surface area contributed by atoms with Crippen LogP contribution in [0.25, 0.3) is 0 Å². The maximum absolute atomic E-state index is 4.39. The van der Waals surface area contributed by atoms with Crippen molar-refractivity contribution in [1.82, 2.24) is 5.32 Å². The number of para-hydroxylation sites is 1. The maximum Gasteiger partial charge on any atom is 0.0399 e. The second-order valence-electron chi connectivity index (χ2n) is 4.04. The molecule has 2 heteroatoms. The molecule has 1 aliphatic rings. The highest BCUT2D eigenvalue weighted by atomic mass is 15.2. The summed E-state index contributed by atoms with van der Waals surface area (Å²) in [6.45, 7) is 6.38. The van der Waals surface area contributed by atoms with Crippen LogP contribution in [0.3, 0.4) is 0 Å². The highest BCUT2D eigenvalue weighted by Crippen LogP contribution is 2.22. The van der Waals surface area contributed by atoms with Gasteiger partial charge in [-0.1, -0.05) is 31.5 Å². The van der Waals surface area contributed by atoms with E-state index in [1.165, 1.54) is 24.1 Å². The third-order valence-electron chi connectivity index (χ3n) is 2.91. The largest absolute Gasteiger partial charge is 0.369 e. The maximum atomic E-state index is 4.39. The number of hydrogen-bond donors (Lipinski definition) is 0. The summed E-state index contributed by atoms with van der Waals surface area (Å²) in [4.78, 5) is 2.47. The molecule has 1 fully saturated rings. The van der Waals surface area contributed by atoms with E-state index >= 15 is 0 Å². The summed E-state index contributed by atoms with van der Waals surface area (Å²) in [6, 6.07) is 8.78. The number of rotatable bonds is 3. The molecule has 0 atom stereocenters. The van der Waals surface area contributed by atoms with E-state index in [9.17, 15) is 0 Å². The van der Waals surface area contributed by atoms with Crippen LogP contribution in [0, 0.1) is 0 Å². The van der Waals surface area contributed by atoms with Gasteiger partial charge in [0.1, 0.15) is 0 Å². The minimum atomic E-state index is 0.987.